The van der Waals surface area contributed by atoms with Crippen molar-refractivity contribution in [1.29, 1.82) is 0 Å². The molecule has 0 amide bonds. The Morgan fingerprint density at radius 3 is 1.59 bits per heavy atom. The van der Waals surface area contributed by atoms with Gasteiger partial charge in [-0.2, -0.15) is 4.58 Å². The predicted octanol–water partition coefficient (Wildman–Crippen LogP) is 7.21. The van der Waals surface area contributed by atoms with E-state index in [1.54, 1.807) is 0 Å². The Kier molecular flexibility index (Phi) is 4.18. The molecule has 1 aliphatic carbocycles. The average molecular weight is 635 g/mol. The van der Waals surface area contributed by atoms with Gasteiger partial charge in [0.05, 0.1) is 28.1 Å². The number of fused-ring (bicyclic) bond motifs is 12. The molecule has 7 heterocycles. The Labute approximate surface area is 282 Å². The summed E-state index contributed by atoms with van der Waals surface area (Å²) in [6.07, 6.45) is 0. The molecule has 7 nitrogen and oxygen atoms in total. The third kappa shape index (κ3) is 2.49. The summed E-state index contributed by atoms with van der Waals surface area (Å²) in [6.45, 7) is 17.7. The highest BCUT2D eigenvalue weighted by Gasteiger charge is 2.66. The van der Waals surface area contributed by atoms with Crippen LogP contribution in [0.5, 0.6) is 0 Å². The second-order valence-corrected chi connectivity index (χ2v) is 14.9. The first kappa shape index (κ1) is 26.3. The molecule has 0 fully saturated rings. The van der Waals surface area contributed by atoms with Crippen molar-refractivity contribution in [2.75, 3.05) is 0 Å². The van der Waals surface area contributed by atoms with Crippen LogP contribution in [0.3, 0.4) is 0 Å². The highest BCUT2D eigenvalue weighted by Crippen LogP contribution is 2.59. The summed E-state index contributed by atoms with van der Waals surface area (Å²) in [6, 6.07) is 17.9. The number of rotatable bonds is 0. The Morgan fingerprint density at radius 2 is 0.959 bits per heavy atom. The van der Waals surface area contributed by atoms with Crippen LogP contribution in [0.1, 0.15) is 66.8 Å². The first-order valence-electron chi connectivity index (χ1n) is 17.2. The van der Waals surface area contributed by atoms with Crippen molar-refractivity contribution >= 4 is 56.3 Å². The van der Waals surface area contributed by atoms with Gasteiger partial charge in [-0.05, 0) is 99.9 Å². The molecule has 0 N–H and O–H groups in total. The van der Waals surface area contributed by atoms with Crippen LogP contribution in [0.25, 0.3) is 27.2 Å². The molecule has 6 aromatic rings. The molecule has 7 heteroatoms. The summed E-state index contributed by atoms with van der Waals surface area (Å²) in [7, 11) is 0. The normalized spacial score (nSPS) is 19.5. The van der Waals surface area contributed by atoms with E-state index in [4.69, 9.17) is 20.0 Å². The van der Waals surface area contributed by atoms with Crippen molar-refractivity contribution in [3.8, 4) is 0 Å². The predicted molar refractivity (Wildman–Crippen MR) is 194 cm³/mol. The Balaban J connectivity index is 1.47. The maximum Gasteiger partial charge on any atom is 0.293 e. The van der Waals surface area contributed by atoms with Gasteiger partial charge < -0.3 is 0 Å². The zero-order valence-corrected chi connectivity index (χ0v) is 28.7. The van der Waals surface area contributed by atoms with E-state index < -0.39 is 5.79 Å². The monoisotopic (exact) mass is 634 g/mol. The van der Waals surface area contributed by atoms with E-state index in [2.05, 4.69) is 118 Å². The molecular formula is C42H32N7+. The van der Waals surface area contributed by atoms with Crippen LogP contribution in [0.4, 0.5) is 11.6 Å². The van der Waals surface area contributed by atoms with Crippen molar-refractivity contribution in [3.05, 3.63) is 132 Å². The minimum absolute atomic E-state index is 0.900. The van der Waals surface area contributed by atoms with Crippen LogP contribution in [0.2, 0.25) is 0 Å². The highest BCUT2D eigenvalue weighted by atomic mass is 15.6. The van der Waals surface area contributed by atoms with Crippen LogP contribution >= 0.6 is 0 Å². The lowest BCUT2D eigenvalue weighted by Crippen LogP contribution is -2.66. The lowest BCUT2D eigenvalue weighted by molar-refractivity contribution is -0.539. The number of nitrogens with zero attached hydrogens (tertiary/aromatic N) is 7. The molecular weight excluding hydrogens is 603 g/mol. The average Bonchev–Trinajstić information content (AvgIpc) is 3.81. The number of aryl methyl sites for hydroxylation is 8. The van der Waals surface area contributed by atoms with Crippen molar-refractivity contribution in [2.45, 2.75) is 61.2 Å². The molecule has 0 radical (unpaired) electrons. The molecule has 0 bridgehead atoms. The van der Waals surface area contributed by atoms with Crippen molar-refractivity contribution in [2.24, 2.45) is 20.0 Å². The molecule has 4 aromatic carbocycles. The zero-order chi connectivity index (χ0) is 33.2. The molecule has 6 aliphatic rings. The summed E-state index contributed by atoms with van der Waals surface area (Å²) < 4.78 is 7.40. The molecule has 0 saturated heterocycles. The van der Waals surface area contributed by atoms with Crippen LogP contribution in [-0.2, 0) is 5.79 Å². The molecule has 1 unspecified atom stereocenters. The van der Waals surface area contributed by atoms with Gasteiger partial charge in [-0.3, -0.25) is 0 Å². The fourth-order valence-electron chi connectivity index (χ4n) is 10.0. The molecule has 1 atom stereocenters. The summed E-state index contributed by atoms with van der Waals surface area (Å²) in [5, 5.41) is 4.67. The van der Waals surface area contributed by atoms with Crippen LogP contribution in [0, 0.1) is 55.4 Å². The second kappa shape index (κ2) is 7.78. The first-order valence-corrected chi connectivity index (χ1v) is 17.2. The van der Waals surface area contributed by atoms with Crippen LogP contribution in [-0.4, -0.2) is 31.1 Å². The summed E-state index contributed by atoms with van der Waals surface area (Å²) >= 11 is 0. The van der Waals surface area contributed by atoms with Gasteiger partial charge in [-0.25, -0.2) is 19.1 Å². The topological polar surface area (TPSA) is 62.3 Å². The maximum atomic E-state index is 5.73. The van der Waals surface area contributed by atoms with E-state index in [1.807, 2.05) is 0 Å². The number of aliphatic imine (C=N–C) groups is 2. The van der Waals surface area contributed by atoms with Gasteiger partial charge in [-0.1, -0.05) is 58.5 Å². The first-order chi connectivity index (χ1) is 23.6. The van der Waals surface area contributed by atoms with Gasteiger partial charge in [-0.15, -0.1) is 0 Å². The van der Waals surface area contributed by atoms with Gasteiger partial charge in [0.1, 0.15) is 11.3 Å². The fraction of sp³-hybridized carbons (Fsp3) is 0.214. The van der Waals surface area contributed by atoms with Crippen LogP contribution in [0.15, 0.2) is 74.1 Å². The van der Waals surface area contributed by atoms with E-state index in [-0.39, 0.29) is 0 Å². The van der Waals surface area contributed by atoms with Crippen LogP contribution < -0.4 is 11.0 Å². The van der Waals surface area contributed by atoms with Gasteiger partial charge in [0.25, 0.3) is 17.5 Å². The SMILES string of the molecule is Cc1ccc(C)c2c1C1=Nc3c4c(C)ccc(C)c4c4n3C35C1=C2N=c1c2c(C)ccc(C)c2c(n13)=NC1=[N+]5C(=N4)c2c(C)ccc(C)c21. The third-order valence-electron chi connectivity index (χ3n) is 12.2. The Bertz CT molecular complexity index is 2860. The quantitative estimate of drug-likeness (QED) is 0.159. The fourth-order valence-corrected chi connectivity index (χ4v) is 10.0. The van der Waals surface area contributed by atoms with E-state index in [0.717, 1.165) is 51.3 Å². The van der Waals surface area contributed by atoms with Crippen molar-refractivity contribution < 1.29 is 4.58 Å². The number of benzene rings is 4. The van der Waals surface area contributed by atoms with E-state index in [9.17, 15) is 0 Å². The number of hydrogen-bond donors (Lipinski definition) is 0. The lowest BCUT2D eigenvalue weighted by Gasteiger charge is -2.44. The minimum Gasteiger partial charge on any atom is -0.235 e. The molecule has 12 rings (SSSR count). The van der Waals surface area contributed by atoms with E-state index >= 15 is 0 Å². The summed E-state index contributed by atoms with van der Waals surface area (Å²) in [5.41, 5.74) is 19.4. The van der Waals surface area contributed by atoms with Gasteiger partial charge in [0.2, 0.25) is 11.3 Å². The molecule has 5 aliphatic heterocycles. The standard InChI is InChI=1S/C42H32N7/c1-17-9-10-18(2)26-25(17)34-33-35(26)44-37-28-20(4)12-14-22(6)30(28)39-46-41-32-24(8)16-15-23(7)31(32)40-45-38-29-21(5)13-11-19(3)27(29)36(43-34)47(38)42(33,48(37)39)49(40)41/h9-16H,1-8H3/q+1. The summed E-state index contributed by atoms with van der Waals surface area (Å²) in [4.78, 5) is 22.9. The molecule has 1 spiro atoms. The highest BCUT2D eigenvalue weighted by molar-refractivity contribution is 6.29. The molecule has 0 saturated carbocycles. The summed E-state index contributed by atoms with van der Waals surface area (Å²) in [5.74, 6) is 2.92. The largest absolute Gasteiger partial charge is 0.293 e. The van der Waals surface area contributed by atoms with Gasteiger partial charge in [0.15, 0.2) is 0 Å². The zero-order valence-electron chi connectivity index (χ0n) is 28.7. The maximum absolute atomic E-state index is 5.73. The van der Waals surface area contributed by atoms with Crippen molar-refractivity contribution in [1.82, 2.24) is 9.13 Å². The molecule has 234 valence electrons. The molecule has 2 aromatic heterocycles. The lowest BCUT2D eigenvalue weighted by atomic mass is 9.94. The van der Waals surface area contributed by atoms with E-state index in [0.29, 0.717) is 0 Å². The Hall–Kier alpha value is -5.69. The Morgan fingerprint density at radius 1 is 0.469 bits per heavy atom. The minimum atomic E-state index is -0.900. The number of aromatic nitrogens is 2. The van der Waals surface area contributed by atoms with Gasteiger partial charge in [0, 0.05) is 32.7 Å². The second-order valence-electron chi connectivity index (χ2n) is 14.9. The van der Waals surface area contributed by atoms with Crippen molar-refractivity contribution in [3.63, 3.8) is 0 Å². The smallest absolute Gasteiger partial charge is 0.235 e. The van der Waals surface area contributed by atoms with Gasteiger partial charge >= 0.3 is 0 Å². The van der Waals surface area contributed by atoms with E-state index in [1.165, 1.54) is 88.3 Å². The molecule has 49 heavy (non-hydrogen) atoms. The third-order valence-corrected chi connectivity index (χ3v) is 12.2. The number of hydrogen-bond acceptors (Lipinski definition) is 4. The number of amidine groups is 2.